The zero-order valence-electron chi connectivity index (χ0n) is 11.5. The first-order valence-electron chi connectivity index (χ1n) is 6.73. The van der Waals surface area contributed by atoms with Gasteiger partial charge in [0.25, 0.3) is 0 Å². The Bertz CT molecular complexity index is 483. The van der Waals surface area contributed by atoms with Crippen LogP contribution in [-0.4, -0.2) is 33.5 Å². The van der Waals surface area contributed by atoms with Gasteiger partial charge in [-0.2, -0.15) is 0 Å². The second kappa shape index (κ2) is 6.31. The molecular formula is C15H19NO3S. The first kappa shape index (κ1) is 14.9. The van der Waals surface area contributed by atoms with Crippen LogP contribution in [0.15, 0.2) is 30.3 Å². The van der Waals surface area contributed by atoms with Gasteiger partial charge < -0.3 is 10.4 Å². The summed E-state index contributed by atoms with van der Waals surface area (Å²) in [6.07, 6.45) is 2.12. The number of carboxylic acid groups (broad SMARTS) is 1. The van der Waals surface area contributed by atoms with Crippen LogP contribution in [0.1, 0.15) is 25.3 Å². The minimum Gasteiger partial charge on any atom is -0.480 e. The van der Waals surface area contributed by atoms with Crippen molar-refractivity contribution in [3.8, 4) is 0 Å². The third-order valence-corrected chi connectivity index (χ3v) is 5.10. The predicted molar refractivity (Wildman–Crippen MR) is 79.8 cm³/mol. The molecule has 1 aliphatic rings. The van der Waals surface area contributed by atoms with Crippen molar-refractivity contribution in [2.75, 3.05) is 5.75 Å². The van der Waals surface area contributed by atoms with Gasteiger partial charge in [-0.15, -0.1) is 11.8 Å². The standard InChI is InChI=1S/C15H19NO3S/c1-15(8-5-9-20-15)14(19)16-12(13(17)18)10-11-6-3-2-4-7-11/h2-4,6-7,12H,5,8-10H2,1H3,(H,16,19)(H,17,18). The fourth-order valence-electron chi connectivity index (χ4n) is 2.32. The van der Waals surface area contributed by atoms with Gasteiger partial charge in [0.1, 0.15) is 6.04 Å². The van der Waals surface area contributed by atoms with E-state index in [9.17, 15) is 14.7 Å². The number of nitrogens with one attached hydrogen (secondary N) is 1. The van der Waals surface area contributed by atoms with Crippen molar-refractivity contribution in [3.05, 3.63) is 35.9 Å². The SMILES string of the molecule is CC1(C(=O)NC(Cc2ccccc2)C(=O)O)CCCS1. The maximum absolute atomic E-state index is 12.3. The highest BCUT2D eigenvalue weighted by Crippen LogP contribution is 2.37. The van der Waals surface area contributed by atoms with Crippen molar-refractivity contribution in [2.24, 2.45) is 0 Å². The molecule has 5 heteroatoms. The normalized spacial score (nSPS) is 23.2. The van der Waals surface area contributed by atoms with Gasteiger partial charge in [-0.3, -0.25) is 4.79 Å². The summed E-state index contributed by atoms with van der Waals surface area (Å²) in [6.45, 7) is 1.89. The summed E-state index contributed by atoms with van der Waals surface area (Å²) in [6, 6.07) is 8.48. The van der Waals surface area contributed by atoms with Crippen molar-refractivity contribution in [1.82, 2.24) is 5.32 Å². The maximum atomic E-state index is 12.3. The van der Waals surface area contributed by atoms with Crippen LogP contribution in [0.25, 0.3) is 0 Å². The molecule has 1 aromatic rings. The summed E-state index contributed by atoms with van der Waals surface area (Å²) >= 11 is 1.61. The molecule has 2 atom stereocenters. The Hall–Kier alpha value is -1.49. The number of benzene rings is 1. The number of amides is 1. The van der Waals surface area contributed by atoms with Crippen LogP contribution < -0.4 is 5.32 Å². The topological polar surface area (TPSA) is 66.4 Å². The highest BCUT2D eigenvalue weighted by molar-refractivity contribution is 8.01. The molecule has 0 radical (unpaired) electrons. The molecule has 1 aromatic carbocycles. The lowest BCUT2D eigenvalue weighted by molar-refractivity contribution is -0.142. The van der Waals surface area contributed by atoms with E-state index < -0.39 is 16.8 Å². The van der Waals surface area contributed by atoms with E-state index in [0.29, 0.717) is 6.42 Å². The Kier molecular flexibility index (Phi) is 4.70. The number of carbonyl (C=O) groups excluding carboxylic acids is 1. The number of carbonyl (C=O) groups is 2. The zero-order valence-corrected chi connectivity index (χ0v) is 12.3. The van der Waals surface area contributed by atoms with Gasteiger partial charge in [-0.05, 0) is 31.1 Å². The van der Waals surface area contributed by atoms with E-state index in [2.05, 4.69) is 5.32 Å². The van der Waals surface area contributed by atoms with Crippen molar-refractivity contribution >= 4 is 23.6 Å². The molecule has 20 heavy (non-hydrogen) atoms. The molecular weight excluding hydrogens is 274 g/mol. The van der Waals surface area contributed by atoms with Gasteiger partial charge in [0.2, 0.25) is 5.91 Å². The molecule has 1 saturated heterocycles. The fraction of sp³-hybridized carbons (Fsp3) is 0.467. The Morgan fingerprint density at radius 3 is 2.65 bits per heavy atom. The smallest absolute Gasteiger partial charge is 0.326 e. The number of carboxylic acids is 1. The molecule has 1 amide bonds. The molecule has 0 spiro atoms. The van der Waals surface area contributed by atoms with E-state index in [0.717, 1.165) is 24.2 Å². The van der Waals surface area contributed by atoms with Crippen LogP contribution in [0.5, 0.6) is 0 Å². The van der Waals surface area contributed by atoms with Crippen LogP contribution in [0.4, 0.5) is 0 Å². The lowest BCUT2D eigenvalue weighted by atomic mass is 10.0. The first-order valence-corrected chi connectivity index (χ1v) is 7.71. The van der Waals surface area contributed by atoms with Crippen molar-refractivity contribution in [3.63, 3.8) is 0 Å². The van der Waals surface area contributed by atoms with Gasteiger partial charge in [0, 0.05) is 6.42 Å². The Morgan fingerprint density at radius 1 is 1.40 bits per heavy atom. The summed E-state index contributed by atoms with van der Waals surface area (Å²) in [4.78, 5) is 23.6. The largest absolute Gasteiger partial charge is 0.480 e. The molecule has 1 heterocycles. The number of rotatable bonds is 5. The minimum atomic E-state index is -0.992. The van der Waals surface area contributed by atoms with Gasteiger partial charge >= 0.3 is 5.97 Å². The van der Waals surface area contributed by atoms with E-state index in [1.807, 2.05) is 37.3 Å². The average Bonchev–Trinajstić information content (AvgIpc) is 2.87. The summed E-state index contributed by atoms with van der Waals surface area (Å²) in [5.74, 6) is -0.197. The number of aliphatic carboxylic acids is 1. The van der Waals surface area contributed by atoms with Crippen LogP contribution in [0, 0.1) is 0 Å². The van der Waals surface area contributed by atoms with Crippen LogP contribution in [0.2, 0.25) is 0 Å². The molecule has 0 aromatic heterocycles. The molecule has 0 aliphatic carbocycles. The first-order chi connectivity index (χ1) is 9.51. The van der Waals surface area contributed by atoms with Gasteiger partial charge in [-0.25, -0.2) is 4.79 Å². The molecule has 2 rings (SSSR count). The van der Waals surface area contributed by atoms with E-state index >= 15 is 0 Å². The molecule has 1 aliphatic heterocycles. The highest BCUT2D eigenvalue weighted by atomic mass is 32.2. The van der Waals surface area contributed by atoms with E-state index in [1.165, 1.54) is 0 Å². The minimum absolute atomic E-state index is 0.164. The molecule has 0 bridgehead atoms. The molecule has 1 fully saturated rings. The Labute approximate surface area is 123 Å². The second-order valence-corrected chi connectivity index (χ2v) is 6.83. The van der Waals surface area contributed by atoms with Crippen molar-refractivity contribution in [2.45, 2.75) is 37.0 Å². The number of hydrogen-bond donors (Lipinski definition) is 2. The lowest BCUT2D eigenvalue weighted by Crippen LogP contribution is -2.49. The Morgan fingerprint density at radius 2 is 2.10 bits per heavy atom. The number of thioether (sulfide) groups is 1. The predicted octanol–water partition coefficient (Wildman–Crippen LogP) is 2.08. The molecule has 108 valence electrons. The summed E-state index contributed by atoms with van der Waals surface area (Å²) in [5, 5.41) is 12.0. The monoisotopic (exact) mass is 293 g/mol. The van der Waals surface area contributed by atoms with Crippen molar-refractivity contribution < 1.29 is 14.7 Å². The second-order valence-electron chi connectivity index (χ2n) is 5.24. The van der Waals surface area contributed by atoms with Crippen molar-refractivity contribution in [1.29, 1.82) is 0 Å². The highest BCUT2D eigenvalue weighted by Gasteiger charge is 2.38. The van der Waals surface area contributed by atoms with Crippen LogP contribution >= 0.6 is 11.8 Å². The van der Waals surface area contributed by atoms with E-state index in [4.69, 9.17) is 0 Å². The lowest BCUT2D eigenvalue weighted by Gasteiger charge is -2.24. The third-order valence-electron chi connectivity index (χ3n) is 3.59. The summed E-state index contributed by atoms with van der Waals surface area (Å²) in [7, 11) is 0. The number of hydrogen-bond acceptors (Lipinski definition) is 3. The third kappa shape index (κ3) is 3.54. The average molecular weight is 293 g/mol. The molecule has 2 N–H and O–H groups in total. The Balaban J connectivity index is 2.02. The van der Waals surface area contributed by atoms with Crippen LogP contribution in [0.3, 0.4) is 0 Å². The van der Waals surface area contributed by atoms with Gasteiger partial charge in [0.15, 0.2) is 0 Å². The molecule has 2 unspecified atom stereocenters. The maximum Gasteiger partial charge on any atom is 0.326 e. The zero-order chi connectivity index (χ0) is 14.6. The summed E-state index contributed by atoms with van der Waals surface area (Å²) < 4.78 is -0.482. The quantitative estimate of drug-likeness (QED) is 0.872. The molecule has 4 nitrogen and oxygen atoms in total. The van der Waals surface area contributed by atoms with Gasteiger partial charge in [0.05, 0.1) is 4.75 Å². The van der Waals surface area contributed by atoms with E-state index in [1.54, 1.807) is 11.8 Å². The van der Waals surface area contributed by atoms with Gasteiger partial charge in [-0.1, -0.05) is 30.3 Å². The van der Waals surface area contributed by atoms with E-state index in [-0.39, 0.29) is 5.91 Å². The van der Waals surface area contributed by atoms with Crippen LogP contribution in [-0.2, 0) is 16.0 Å². The molecule has 0 saturated carbocycles. The summed E-state index contributed by atoms with van der Waals surface area (Å²) in [5.41, 5.74) is 0.907. The fourth-order valence-corrected chi connectivity index (χ4v) is 3.54.